The number of halogens is 1. The summed E-state index contributed by atoms with van der Waals surface area (Å²) in [5.41, 5.74) is 0. The third kappa shape index (κ3) is 1.95. The van der Waals surface area contributed by atoms with E-state index in [2.05, 4.69) is 11.8 Å². The number of allylic oxidation sites excluding steroid dienone is 4. The summed E-state index contributed by atoms with van der Waals surface area (Å²) in [7, 11) is 0. The van der Waals surface area contributed by atoms with Crippen molar-refractivity contribution >= 4 is 11.6 Å². The zero-order chi connectivity index (χ0) is 6.69. The van der Waals surface area contributed by atoms with Crippen LogP contribution in [0.5, 0.6) is 0 Å². The molecule has 1 unspecified atom stereocenters. The topological polar surface area (TPSA) is 0 Å². The standard InChI is InChI=1S/C8H7Cl/c1-7-3-2-4-8(9)6-5-7/h4-7H,1H3. The van der Waals surface area contributed by atoms with E-state index < -0.39 is 0 Å². The van der Waals surface area contributed by atoms with E-state index >= 15 is 0 Å². The Morgan fingerprint density at radius 3 is 3.22 bits per heavy atom. The van der Waals surface area contributed by atoms with Crippen molar-refractivity contribution in [3.8, 4) is 11.8 Å². The van der Waals surface area contributed by atoms with Gasteiger partial charge in [-0.25, -0.2) is 0 Å². The monoisotopic (exact) mass is 138 g/mol. The van der Waals surface area contributed by atoms with Crippen LogP contribution >= 0.6 is 11.6 Å². The Balaban J connectivity index is 2.82. The van der Waals surface area contributed by atoms with Gasteiger partial charge >= 0.3 is 0 Å². The van der Waals surface area contributed by atoms with Crippen LogP contribution in [-0.4, -0.2) is 0 Å². The molecule has 46 valence electrons. The van der Waals surface area contributed by atoms with Crippen LogP contribution in [0.25, 0.3) is 0 Å². The Morgan fingerprint density at radius 2 is 2.44 bits per heavy atom. The average molecular weight is 139 g/mol. The summed E-state index contributed by atoms with van der Waals surface area (Å²) in [5.74, 6) is 6.15. The Hall–Kier alpha value is -0.670. The van der Waals surface area contributed by atoms with Gasteiger partial charge in [-0.05, 0) is 13.0 Å². The fourth-order valence-electron chi connectivity index (χ4n) is 0.575. The molecule has 1 atom stereocenters. The molecule has 0 aromatic heterocycles. The summed E-state index contributed by atoms with van der Waals surface area (Å²) in [6.07, 6.45) is 5.56. The van der Waals surface area contributed by atoms with E-state index in [1.165, 1.54) is 0 Å². The number of rotatable bonds is 0. The molecule has 0 saturated heterocycles. The largest absolute Gasteiger partial charge is 0.0912 e. The number of hydrogen-bond donors (Lipinski definition) is 0. The smallest absolute Gasteiger partial charge is 0.0486 e. The van der Waals surface area contributed by atoms with Gasteiger partial charge in [-0.15, -0.1) is 0 Å². The van der Waals surface area contributed by atoms with Crippen LogP contribution in [0.3, 0.4) is 0 Å². The zero-order valence-electron chi connectivity index (χ0n) is 5.19. The van der Waals surface area contributed by atoms with Gasteiger partial charge in [0.15, 0.2) is 0 Å². The molecule has 0 nitrogen and oxygen atoms in total. The van der Waals surface area contributed by atoms with Gasteiger partial charge in [-0.1, -0.05) is 29.5 Å². The summed E-state index contributed by atoms with van der Waals surface area (Å²) >= 11 is 5.66. The maximum Gasteiger partial charge on any atom is 0.0486 e. The van der Waals surface area contributed by atoms with Crippen LogP contribution in [0.1, 0.15) is 6.92 Å². The third-order valence-electron chi connectivity index (χ3n) is 1.07. The first kappa shape index (κ1) is 6.45. The SMILES string of the molecule is CC1C#CC=C(Cl)C=C1. The van der Waals surface area contributed by atoms with Crippen LogP contribution in [0.4, 0.5) is 0 Å². The van der Waals surface area contributed by atoms with Gasteiger partial charge in [0.2, 0.25) is 0 Å². The van der Waals surface area contributed by atoms with Crippen molar-refractivity contribution in [3.63, 3.8) is 0 Å². The highest BCUT2D eigenvalue weighted by Gasteiger charge is 1.91. The highest BCUT2D eigenvalue weighted by molar-refractivity contribution is 6.31. The lowest BCUT2D eigenvalue weighted by Gasteiger charge is -1.88. The Labute approximate surface area is 60.2 Å². The Kier molecular flexibility index (Phi) is 1.97. The Bertz CT molecular complexity index is 212. The van der Waals surface area contributed by atoms with Gasteiger partial charge in [-0.3, -0.25) is 0 Å². The zero-order valence-corrected chi connectivity index (χ0v) is 5.94. The second kappa shape index (κ2) is 2.75. The van der Waals surface area contributed by atoms with Crippen LogP contribution in [-0.2, 0) is 0 Å². The normalized spacial score (nSPS) is 23.8. The molecular formula is C8H7Cl. The predicted octanol–water partition coefficient (Wildman–Crippen LogP) is 2.32. The molecule has 0 N–H and O–H groups in total. The first-order valence-corrected chi connectivity index (χ1v) is 3.22. The lowest BCUT2D eigenvalue weighted by molar-refractivity contribution is 0.982. The minimum Gasteiger partial charge on any atom is -0.0912 e. The quantitative estimate of drug-likeness (QED) is 0.451. The van der Waals surface area contributed by atoms with E-state index in [1.54, 1.807) is 6.08 Å². The second-order valence-electron chi connectivity index (χ2n) is 1.97. The van der Waals surface area contributed by atoms with Crippen molar-refractivity contribution in [1.82, 2.24) is 0 Å². The van der Waals surface area contributed by atoms with Gasteiger partial charge in [0.25, 0.3) is 0 Å². The molecule has 0 spiro atoms. The molecule has 0 saturated carbocycles. The van der Waals surface area contributed by atoms with Crippen LogP contribution < -0.4 is 0 Å². The first-order chi connectivity index (χ1) is 4.29. The summed E-state index contributed by atoms with van der Waals surface area (Å²) < 4.78 is 0. The maximum atomic E-state index is 5.66. The molecular weight excluding hydrogens is 132 g/mol. The molecule has 1 heteroatoms. The molecule has 1 aliphatic carbocycles. The van der Waals surface area contributed by atoms with Crippen LogP contribution in [0.2, 0.25) is 0 Å². The minimum atomic E-state index is 0.331. The lowest BCUT2D eigenvalue weighted by Crippen LogP contribution is -1.79. The van der Waals surface area contributed by atoms with E-state index in [0.717, 1.165) is 0 Å². The summed E-state index contributed by atoms with van der Waals surface area (Å²) in [4.78, 5) is 0. The molecule has 0 aliphatic heterocycles. The predicted molar refractivity (Wildman–Crippen MR) is 40.0 cm³/mol. The van der Waals surface area contributed by atoms with Gasteiger partial charge in [0.05, 0.1) is 0 Å². The molecule has 0 radical (unpaired) electrons. The van der Waals surface area contributed by atoms with Crippen molar-refractivity contribution in [2.45, 2.75) is 6.92 Å². The molecule has 0 amide bonds. The Morgan fingerprint density at radius 1 is 1.67 bits per heavy atom. The van der Waals surface area contributed by atoms with E-state index in [4.69, 9.17) is 11.6 Å². The van der Waals surface area contributed by atoms with Crippen molar-refractivity contribution in [2.75, 3.05) is 0 Å². The van der Waals surface area contributed by atoms with Crippen LogP contribution in [0, 0.1) is 17.8 Å². The first-order valence-electron chi connectivity index (χ1n) is 2.84. The fourth-order valence-corrected chi connectivity index (χ4v) is 0.702. The summed E-state index contributed by atoms with van der Waals surface area (Å²) in [6.45, 7) is 2.03. The molecule has 0 fully saturated rings. The lowest BCUT2D eigenvalue weighted by atomic mass is 10.2. The van der Waals surface area contributed by atoms with Gasteiger partial charge in [0, 0.05) is 17.0 Å². The average Bonchev–Trinajstić information content (AvgIpc) is 1.97. The van der Waals surface area contributed by atoms with Crippen molar-refractivity contribution < 1.29 is 0 Å². The fraction of sp³-hybridized carbons (Fsp3) is 0.250. The molecule has 0 heterocycles. The van der Waals surface area contributed by atoms with Gasteiger partial charge in [0.1, 0.15) is 0 Å². The van der Waals surface area contributed by atoms with Crippen molar-refractivity contribution in [2.24, 2.45) is 5.92 Å². The summed E-state index contributed by atoms with van der Waals surface area (Å²) in [5, 5.41) is 0.715. The highest BCUT2D eigenvalue weighted by atomic mass is 35.5. The van der Waals surface area contributed by atoms with Gasteiger partial charge < -0.3 is 0 Å². The molecule has 9 heavy (non-hydrogen) atoms. The number of hydrogen-bond acceptors (Lipinski definition) is 0. The maximum absolute atomic E-state index is 5.66. The molecule has 0 aromatic rings. The van der Waals surface area contributed by atoms with Crippen LogP contribution in [0.15, 0.2) is 23.3 Å². The van der Waals surface area contributed by atoms with E-state index in [1.807, 2.05) is 19.1 Å². The van der Waals surface area contributed by atoms with Crippen molar-refractivity contribution in [3.05, 3.63) is 23.3 Å². The molecule has 1 aliphatic rings. The third-order valence-corrected chi connectivity index (χ3v) is 1.30. The second-order valence-corrected chi connectivity index (χ2v) is 2.40. The van der Waals surface area contributed by atoms with E-state index in [-0.39, 0.29) is 0 Å². The van der Waals surface area contributed by atoms with E-state index in [9.17, 15) is 0 Å². The molecule has 0 bridgehead atoms. The van der Waals surface area contributed by atoms with Gasteiger partial charge in [-0.2, -0.15) is 0 Å². The summed E-state index contributed by atoms with van der Waals surface area (Å²) in [6, 6.07) is 0. The highest BCUT2D eigenvalue weighted by Crippen LogP contribution is 2.07. The molecule has 0 aromatic carbocycles. The van der Waals surface area contributed by atoms with E-state index in [0.29, 0.717) is 11.0 Å². The minimum absolute atomic E-state index is 0.331. The molecule has 1 rings (SSSR count). The van der Waals surface area contributed by atoms with Crippen molar-refractivity contribution in [1.29, 1.82) is 0 Å².